The fourth-order valence-electron chi connectivity index (χ4n) is 1.32. The predicted octanol–water partition coefficient (Wildman–Crippen LogP) is 2.99. The van der Waals surface area contributed by atoms with Crippen LogP contribution in [0.15, 0.2) is 29.2 Å². The van der Waals surface area contributed by atoms with Crippen LogP contribution < -0.4 is 0 Å². The summed E-state index contributed by atoms with van der Waals surface area (Å²) in [5.41, 5.74) is 0.955. The summed E-state index contributed by atoms with van der Waals surface area (Å²) in [6, 6.07) is 7.89. The van der Waals surface area contributed by atoms with Gasteiger partial charge in [-0.1, -0.05) is 26.0 Å². The molecule has 2 nitrogen and oxygen atoms in total. The zero-order chi connectivity index (χ0) is 12.1. The number of hydrogen-bond acceptors (Lipinski definition) is 3. The number of aliphatic hydroxyl groups is 2. The van der Waals surface area contributed by atoms with E-state index in [1.54, 1.807) is 18.7 Å². The van der Waals surface area contributed by atoms with Crippen LogP contribution in [0.25, 0.3) is 0 Å². The van der Waals surface area contributed by atoms with E-state index < -0.39 is 0 Å². The molecule has 1 aromatic rings. The van der Waals surface area contributed by atoms with Crippen molar-refractivity contribution in [3.63, 3.8) is 0 Å². The minimum Gasteiger partial charge on any atom is -0.392 e. The Morgan fingerprint density at radius 1 is 1.12 bits per heavy atom. The standard InChI is InChI=1S/C13H20O2S/c1-4-13(15)11-5-7-12(8-6-11)16-10(3)9(2)14/h5-10,13-15H,4H2,1-3H3. The summed E-state index contributed by atoms with van der Waals surface area (Å²) < 4.78 is 0. The molecule has 0 fully saturated rings. The van der Waals surface area contributed by atoms with Crippen LogP contribution in [0.4, 0.5) is 0 Å². The minimum atomic E-state index is -0.367. The molecule has 2 N–H and O–H groups in total. The third-order valence-corrected chi connectivity index (χ3v) is 3.96. The van der Waals surface area contributed by atoms with Gasteiger partial charge in [0.1, 0.15) is 0 Å². The molecule has 0 saturated carbocycles. The molecular formula is C13H20O2S. The average Bonchev–Trinajstić information content (AvgIpc) is 2.28. The molecule has 1 rings (SSSR count). The molecule has 3 heteroatoms. The monoisotopic (exact) mass is 240 g/mol. The molecule has 0 spiro atoms. The molecule has 3 atom stereocenters. The van der Waals surface area contributed by atoms with Gasteiger partial charge < -0.3 is 10.2 Å². The average molecular weight is 240 g/mol. The molecule has 0 aromatic heterocycles. The molecule has 0 saturated heterocycles. The van der Waals surface area contributed by atoms with Gasteiger partial charge in [0.25, 0.3) is 0 Å². The highest BCUT2D eigenvalue weighted by molar-refractivity contribution is 8.00. The SMILES string of the molecule is CCC(O)c1ccc(SC(C)C(C)O)cc1. The Kier molecular flexibility index (Phi) is 5.32. The number of aliphatic hydroxyl groups excluding tert-OH is 2. The van der Waals surface area contributed by atoms with E-state index in [-0.39, 0.29) is 17.5 Å². The number of thioether (sulfide) groups is 1. The van der Waals surface area contributed by atoms with E-state index in [9.17, 15) is 10.2 Å². The Labute approximate surface area is 102 Å². The molecule has 1 aromatic carbocycles. The Hall–Kier alpha value is -0.510. The van der Waals surface area contributed by atoms with Crippen molar-refractivity contribution in [3.8, 4) is 0 Å². The first-order chi connectivity index (χ1) is 7.54. The lowest BCUT2D eigenvalue weighted by molar-refractivity contribution is 0.173. The van der Waals surface area contributed by atoms with Crippen LogP contribution >= 0.6 is 11.8 Å². The summed E-state index contributed by atoms with van der Waals surface area (Å²) in [4.78, 5) is 1.13. The molecular weight excluding hydrogens is 220 g/mol. The quantitative estimate of drug-likeness (QED) is 0.777. The van der Waals surface area contributed by atoms with Crippen molar-refractivity contribution in [2.24, 2.45) is 0 Å². The van der Waals surface area contributed by atoms with Gasteiger partial charge in [0.2, 0.25) is 0 Å². The summed E-state index contributed by atoms with van der Waals surface area (Å²) in [5, 5.41) is 19.2. The second kappa shape index (κ2) is 6.28. The van der Waals surface area contributed by atoms with Gasteiger partial charge in [-0.2, -0.15) is 0 Å². The lowest BCUT2D eigenvalue weighted by Crippen LogP contribution is -2.14. The Bertz CT molecular complexity index is 308. The summed E-state index contributed by atoms with van der Waals surface area (Å²) in [6.07, 6.45) is 0.0514. The number of hydrogen-bond donors (Lipinski definition) is 2. The fraction of sp³-hybridized carbons (Fsp3) is 0.538. The first kappa shape index (κ1) is 13.6. The van der Waals surface area contributed by atoms with E-state index in [1.165, 1.54) is 0 Å². The number of rotatable bonds is 5. The summed E-state index contributed by atoms with van der Waals surface area (Å²) in [5.74, 6) is 0. The lowest BCUT2D eigenvalue weighted by atomic mass is 10.1. The van der Waals surface area contributed by atoms with E-state index in [0.717, 1.165) is 16.9 Å². The molecule has 0 heterocycles. The second-order valence-electron chi connectivity index (χ2n) is 4.06. The molecule has 0 radical (unpaired) electrons. The van der Waals surface area contributed by atoms with Crippen LogP contribution in [-0.2, 0) is 0 Å². The first-order valence-electron chi connectivity index (χ1n) is 5.67. The van der Waals surface area contributed by atoms with Gasteiger partial charge >= 0.3 is 0 Å². The van der Waals surface area contributed by atoms with E-state index in [1.807, 2.05) is 38.1 Å². The Balaban J connectivity index is 2.64. The van der Waals surface area contributed by atoms with Gasteiger partial charge in [-0.3, -0.25) is 0 Å². The minimum absolute atomic E-state index is 0.182. The maximum absolute atomic E-state index is 9.64. The van der Waals surface area contributed by atoms with Gasteiger partial charge in [0.15, 0.2) is 0 Å². The van der Waals surface area contributed by atoms with Gasteiger partial charge in [0, 0.05) is 10.1 Å². The van der Waals surface area contributed by atoms with Crippen LogP contribution in [0, 0.1) is 0 Å². The van der Waals surface area contributed by atoms with Crippen LogP contribution in [0.5, 0.6) is 0 Å². The van der Waals surface area contributed by atoms with Crippen LogP contribution in [-0.4, -0.2) is 21.6 Å². The molecule has 16 heavy (non-hydrogen) atoms. The fourth-order valence-corrected chi connectivity index (χ4v) is 2.24. The third-order valence-electron chi connectivity index (χ3n) is 2.65. The van der Waals surface area contributed by atoms with Crippen molar-refractivity contribution in [1.29, 1.82) is 0 Å². The van der Waals surface area contributed by atoms with Crippen molar-refractivity contribution in [1.82, 2.24) is 0 Å². The largest absolute Gasteiger partial charge is 0.392 e. The second-order valence-corrected chi connectivity index (χ2v) is 5.51. The lowest BCUT2D eigenvalue weighted by Gasteiger charge is -2.14. The van der Waals surface area contributed by atoms with E-state index in [2.05, 4.69) is 0 Å². The van der Waals surface area contributed by atoms with Crippen molar-refractivity contribution in [2.75, 3.05) is 0 Å². The molecule has 0 bridgehead atoms. The number of benzene rings is 1. The summed E-state index contributed by atoms with van der Waals surface area (Å²) in [7, 11) is 0. The zero-order valence-electron chi connectivity index (χ0n) is 10.1. The highest BCUT2D eigenvalue weighted by atomic mass is 32.2. The van der Waals surface area contributed by atoms with Crippen LogP contribution in [0.2, 0.25) is 0 Å². The highest BCUT2D eigenvalue weighted by Crippen LogP contribution is 2.27. The van der Waals surface area contributed by atoms with Crippen molar-refractivity contribution in [2.45, 2.75) is 49.5 Å². The zero-order valence-corrected chi connectivity index (χ0v) is 10.9. The highest BCUT2D eigenvalue weighted by Gasteiger charge is 2.10. The molecule has 90 valence electrons. The first-order valence-corrected chi connectivity index (χ1v) is 6.55. The van der Waals surface area contributed by atoms with Crippen LogP contribution in [0.3, 0.4) is 0 Å². The van der Waals surface area contributed by atoms with Crippen LogP contribution in [0.1, 0.15) is 38.9 Å². The van der Waals surface area contributed by atoms with E-state index in [0.29, 0.717) is 0 Å². The maximum Gasteiger partial charge on any atom is 0.0787 e. The summed E-state index contributed by atoms with van der Waals surface area (Å²) in [6.45, 7) is 5.76. The van der Waals surface area contributed by atoms with Gasteiger partial charge in [0.05, 0.1) is 12.2 Å². The Morgan fingerprint density at radius 2 is 1.69 bits per heavy atom. The topological polar surface area (TPSA) is 40.5 Å². The smallest absolute Gasteiger partial charge is 0.0787 e. The molecule has 0 aliphatic rings. The van der Waals surface area contributed by atoms with Gasteiger partial charge in [-0.05, 0) is 31.0 Å². The van der Waals surface area contributed by atoms with Crippen molar-refractivity contribution in [3.05, 3.63) is 29.8 Å². The normalized spacial score (nSPS) is 16.8. The molecule has 0 amide bonds. The third kappa shape index (κ3) is 3.81. The van der Waals surface area contributed by atoms with E-state index >= 15 is 0 Å². The Morgan fingerprint density at radius 3 is 2.12 bits per heavy atom. The van der Waals surface area contributed by atoms with Crippen molar-refractivity contribution >= 4 is 11.8 Å². The van der Waals surface area contributed by atoms with Gasteiger partial charge in [-0.15, -0.1) is 11.8 Å². The van der Waals surface area contributed by atoms with Crippen molar-refractivity contribution < 1.29 is 10.2 Å². The molecule has 3 unspecified atom stereocenters. The van der Waals surface area contributed by atoms with Gasteiger partial charge in [-0.25, -0.2) is 0 Å². The molecule has 0 aliphatic carbocycles. The summed E-state index contributed by atoms with van der Waals surface area (Å²) >= 11 is 1.65. The predicted molar refractivity (Wildman–Crippen MR) is 68.7 cm³/mol. The molecule has 0 aliphatic heterocycles. The maximum atomic E-state index is 9.64. The van der Waals surface area contributed by atoms with E-state index in [4.69, 9.17) is 0 Å².